The van der Waals surface area contributed by atoms with Crippen LogP contribution in [0.25, 0.3) is 0 Å². The van der Waals surface area contributed by atoms with E-state index < -0.39 is 0 Å². The second-order valence-corrected chi connectivity index (χ2v) is 5.27. The number of hydrogen-bond donors (Lipinski definition) is 2. The number of nitrogens with one attached hydrogen (secondary N) is 2. The van der Waals surface area contributed by atoms with Crippen molar-refractivity contribution in [2.75, 3.05) is 13.1 Å². The van der Waals surface area contributed by atoms with Crippen molar-refractivity contribution < 1.29 is 4.79 Å². The first-order valence-corrected chi connectivity index (χ1v) is 6.62. The summed E-state index contributed by atoms with van der Waals surface area (Å²) in [4.78, 5) is 11.3. The molecule has 1 aliphatic carbocycles. The smallest absolute Gasteiger partial charge is 0.222 e. The third kappa shape index (κ3) is 4.52. The molecule has 3 heteroatoms. The van der Waals surface area contributed by atoms with E-state index in [2.05, 4.69) is 17.6 Å². The van der Waals surface area contributed by atoms with Gasteiger partial charge in [-0.05, 0) is 31.7 Å². The van der Waals surface area contributed by atoms with Gasteiger partial charge >= 0.3 is 0 Å². The highest BCUT2D eigenvalue weighted by atomic mass is 16.1. The highest BCUT2D eigenvalue weighted by molar-refractivity contribution is 5.77. The zero-order valence-corrected chi connectivity index (χ0v) is 10.9. The zero-order chi connectivity index (χ0) is 12.0. The van der Waals surface area contributed by atoms with Crippen LogP contribution < -0.4 is 10.6 Å². The lowest BCUT2D eigenvalue weighted by molar-refractivity contribution is -0.123. The Balaban J connectivity index is 1.97. The summed E-state index contributed by atoms with van der Waals surface area (Å²) >= 11 is 0. The minimum atomic E-state index is 0.0998. The molecule has 1 fully saturated rings. The summed E-state index contributed by atoms with van der Waals surface area (Å²) in [6, 6.07) is 0.709. The van der Waals surface area contributed by atoms with Crippen molar-refractivity contribution in [2.24, 2.45) is 11.8 Å². The second-order valence-electron chi connectivity index (χ2n) is 5.27. The normalized spacial score (nSPS) is 25.0. The van der Waals surface area contributed by atoms with E-state index in [9.17, 15) is 4.79 Å². The molecule has 2 atom stereocenters. The molecule has 94 valence electrons. The van der Waals surface area contributed by atoms with Crippen LogP contribution in [0.15, 0.2) is 0 Å². The van der Waals surface area contributed by atoms with Crippen LogP contribution in [0, 0.1) is 11.8 Å². The van der Waals surface area contributed by atoms with Crippen molar-refractivity contribution in [3.8, 4) is 0 Å². The maximum absolute atomic E-state index is 11.3. The maximum atomic E-state index is 11.3. The molecule has 0 aromatic heterocycles. The van der Waals surface area contributed by atoms with Crippen LogP contribution >= 0.6 is 0 Å². The first kappa shape index (κ1) is 13.5. The van der Waals surface area contributed by atoms with Crippen LogP contribution in [0.3, 0.4) is 0 Å². The van der Waals surface area contributed by atoms with E-state index in [4.69, 9.17) is 0 Å². The van der Waals surface area contributed by atoms with Gasteiger partial charge in [0.1, 0.15) is 0 Å². The molecular weight excluding hydrogens is 200 g/mol. The van der Waals surface area contributed by atoms with E-state index in [1.165, 1.54) is 19.3 Å². The van der Waals surface area contributed by atoms with Gasteiger partial charge in [-0.3, -0.25) is 4.79 Å². The second kappa shape index (κ2) is 6.89. The van der Waals surface area contributed by atoms with Crippen molar-refractivity contribution in [3.05, 3.63) is 0 Å². The molecule has 0 heterocycles. The van der Waals surface area contributed by atoms with Crippen molar-refractivity contribution in [1.82, 2.24) is 10.6 Å². The summed E-state index contributed by atoms with van der Waals surface area (Å²) in [5, 5.41) is 6.52. The fourth-order valence-corrected chi connectivity index (χ4v) is 2.24. The number of carbonyl (C=O) groups excluding carboxylic acids is 1. The molecule has 1 rings (SSSR count). The van der Waals surface area contributed by atoms with Gasteiger partial charge in [-0.1, -0.05) is 27.2 Å². The Morgan fingerprint density at radius 2 is 2.06 bits per heavy atom. The zero-order valence-electron chi connectivity index (χ0n) is 10.9. The highest BCUT2D eigenvalue weighted by Gasteiger charge is 2.21. The summed E-state index contributed by atoms with van der Waals surface area (Å²) in [7, 11) is 0. The average molecular weight is 226 g/mol. The SMILES string of the molecule is CC(C)C(=O)NCCCNC1CCCC1C. The van der Waals surface area contributed by atoms with E-state index in [-0.39, 0.29) is 11.8 Å². The number of amides is 1. The molecule has 1 aliphatic rings. The van der Waals surface area contributed by atoms with Crippen LogP contribution in [-0.4, -0.2) is 25.0 Å². The molecule has 1 amide bonds. The average Bonchev–Trinajstić information content (AvgIpc) is 2.63. The summed E-state index contributed by atoms with van der Waals surface area (Å²) in [6.45, 7) is 7.99. The Bertz CT molecular complexity index is 216. The van der Waals surface area contributed by atoms with E-state index in [1.807, 2.05) is 13.8 Å². The minimum Gasteiger partial charge on any atom is -0.356 e. The number of rotatable bonds is 6. The van der Waals surface area contributed by atoms with Gasteiger partial charge in [0, 0.05) is 18.5 Å². The standard InChI is InChI=1S/C13H26N2O/c1-10(2)13(16)15-9-5-8-14-12-7-4-6-11(12)3/h10-12,14H,4-9H2,1-3H3,(H,15,16). The predicted molar refractivity (Wildman–Crippen MR) is 67.3 cm³/mol. The summed E-state index contributed by atoms with van der Waals surface area (Å²) < 4.78 is 0. The number of hydrogen-bond acceptors (Lipinski definition) is 2. The quantitative estimate of drug-likeness (QED) is 0.679. The van der Waals surface area contributed by atoms with Crippen molar-refractivity contribution in [2.45, 2.75) is 52.5 Å². The molecule has 3 nitrogen and oxygen atoms in total. The monoisotopic (exact) mass is 226 g/mol. The van der Waals surface area contributed by atoms with Crippen molar-refractivity contribution in [3.63, 3.8) is 0 Å². The minimum absolute atomic E-state index is 0.0998. The molecule has 16 heavy (non-hydrogen) atoms. The van der Waals surface area contributed by atoms with Gasteiger partial charge in [-0.25, -0.2) is 0 Å². The fraction of sp³-hybridized carbons (Fsp3) is 0.923. The summed E-state index contributed by atoms with van der Waals surface area (Å²) in [5.74, 6) is 1.09. The van der Waals surface area contributed by atoms with E-state index >= 15 is 0 Å². The maximum Gasteiger partial charge on any atom is 0.222 e. The molecule has 0 aromatic rings. The van der Waals surface area contributed by atoms with Crippen molar-refractivity contribution in [1.29, 1.82) is 0 Å². The van der Waals surface area contributed by atoms with Gasteiger partial charge in [0.15, 0.2) is 0 Å². The number of carbonyl (C=O) groups is 1. The van der Waals surface area contributed by atoms with Gasteiger partial charge in [0.05, 0.1) is 0 Å². The highest BCUT2D eigenvalue weighted by Crippen LogP contribution is 2.24. The van der Waals surface area contributed by atoms with Crippen LogP contribution in [0.1, 0.15) is 46.5 Å². The lowest BCUT2D eigenvalue weighted by atomic mass is 10.1. The molecule has 0 bridgehead atoms. The predicted octanol–water partition coefficient (Wildman–Crippen LogP) is 1.93. The third-order valence-electron chi connectivity index (χ3n) is 3.45. The van der Waals surface area contributed by atoms with Crippen LogP contribution in [0.5, 0.6) is 0 Å². The molecule has 2 N–H and O–H groups in total. The molecule has 0 radical (unpaired) electrons. The lowest BCUT2D eigenvalue weighted by Crippen LogP contribution is -2.35. The molecule has 0 saturated heterocycles. The summed E-state index contributed by atoms with van der Waals surface area (Å²) in [5.41, 5.74) is 0. The van der Waals surface area contributed by atoms with Gasteiger partial charge in [0.2, 0.25) is 5.91 Å². The van der Waals surface area contributed by atoms with Crippen molar-refractivity contribution >= 4 is 5.91 Å². The summed E-state index contributed by atoms with van der Waals surface area (Å²) in [6.07, 6.45) is 5.08. The first-order chi connectivity index (χ1) is 7.61. The lowest BCUT2D eigenvalue weighted by Gasteiger charge is -2.17. The Morgan fingerprint density at radius 3 is 2.62 bits per heavy atom. The Kier molecular flexibility index (Phi) is 5.81. The van der Waals surface area contributed by atoms with Gasteiger partial charge in [0.25, 0.3) is 0 Å². The van der Waals surface area contributed by atoms with E-state index in [0.29, 0.717) is 6.04 Å². The topological polar surface area (TPSA) is 41.1 Å². The third-order valence-corrected chi connectivity index (χ3v) is 3.45. The largest absolute Gasteiger partial charge is 0.356 e. The Morgan fingerprint density at radius 1 is 1.31 bits per heavy atom. The fourth-order valence-electron chi connectivity index (χ4n) is 2.24. The molecule has 0 aliphatic heterocycles. The first-order valence-electron chi connectivity index (χ1n) is 6.62. The van der Waals surface area contributed by atoms with E-state index in [0.717, 1.165) is 25.4 Å². The molecule has 2 unspecified atom stereocenters. The van der Waals surface area contributed by atoms with E-state index in [1.54, 1.807) is 0 Å². The Hall–Kier alpha value is -0.570. The van der Waals surface area contributed by atoms with Gasteiger partial charge in [-0.2, -0.15) is 0 Å². The van der Waals surface area contributed by atoms with Gasteiger partial charge < -0.3 is 10.6 Å². The molecule has 0 spiro atoms. The molecule has 1 saturated carbocycles. The van der Waals surface area contributed by atoms with Crippen LogP contribution in [-0.2, 0) is 4.79 Å². The van der Waals surface area contributed by atoms with Gasteiger partial charge in [-0.15, -0.1) is 0 Å². The molecule has 0 aromatic carbocycles. The molecular formula is C13H26N2O. The van der Waals surface area contributed by atoms with Crippen LogP contribution in [0.2, 0.25) is 0 Å². The Labute approximate surface area is 99.4 Å². The van der Waals surface area contributed by atoms with Crippen LogP contribution in [0.4, 0.5) is 0 Å².